The van der Waals surface area contributed by atoms with Gasteiger partial charge >= 0.3 is 0 Å². The molecule has 2 nitrogen and oxygen atoms in total. The van der Waals surface area contributed by atoms with Crippen molar-refractivity contribution < 1.29 is 17.6 Å². The fourth-order valence-corrected chi connectivity index (χ4v) is 2.21. The largest absolute Gasteiger partial charge is 0.399 e. The number of anilines is 3. The average Bonchev–Trinajstić information content (AvgIpc) is 2.34. The van der Waals surface area contributed by atoms with Gasteiger partial charge in [-0.3, -0.25) is 0 Å². The van der Waals surface area contributed by atoms with Gasteiger partial charge in [-0.2, -0.15) is 8.78 Å². The van der Waals surface area contributed by atoms with Crippen molar-refractivity contribution in [2.75, 3.05) is 11.1 Å². The first-order chi connectivity index (χ1) is 9.47. The lowest BCUT2D eigenvalue weighted by molar-refractivity contribution is 0.252. The van der Waals surface area contributed by atoms with E-state index in [1.807, 2.05) is 0 Å². The number of halogens is 4. The molecule has 0 fully saturated rings. The zero-order valence-electron chi connectivity index (χ0n) is 10.0. The van der Waals surface area contributed by atoms with Crippen LogP contribution in [0.1, 0.15) is 0 Å². The van der Waals surface area contributed by atoms with Gasteiger partial charge in [-0.25, -0.2) is 8.78 Å². The summed E-state index contributed by atoms with van der Waals surface area (Å²) in [7, 11) is 0. The Labute approximate surface area is 117 Å². The monoisotopic (exact) mass is 302 g/mol. The Kier molecular flexibility index (Phi) is 4.39. The van der Waals surface area contributed by atoms with E-state index in [4.69, 9.17) is 5.73 Å². The molecule has 2 rings (SSSR count). The van der Waals surface area contributed by atoms with Gasteiger partial charge in [0.05, 0.1) is 5.69 Å². The average molecular weight is 302 g/mol. The number of nitrogens with two attached hydrogens (primary N) is 1. The molecule has 0 amide bonds. The summed E-state index contributed by atoms with van der Waals surface area (Å²) in [4.78, 5) is 0.193. The molecule has 0 aliphatic carbocycles. The number of thioether (sulfide) groups is 1. The molecule has 2 aromatic carbocycles. The van der Waals surface area contributed by atoms with Crippen LogP contribution in [0.15, 0.2) is 41.3 Å². The number of rotatable bonds is 4. The van der Waals surface area contributed by atoms with Crippen LogP contribution < -0.4 is 11.1 Å². The molecular weight excluding hydrogens is 292 g/mol. The van der Waals surface area contributed by atoms with Gasteiger partial charge in [-0.1, -0.05) is 23.9 Å². The zero-order chi connectivity index (χ0) is 14.7. The predicted molar refractivity (Wildman–Crippen MR) is 72.4 cm³/mol. The Balaban J connectivity index is 2.35. The fraction of sp³-hybridized carbons (Fsp3) is 0.0769. The summed E-state index contributed by atoms with van der Waals surface area (Å²) in [5.41, 5.74) is 5.02. The van der Waals surface area contributed by atoms with Crippen LogP contribution in [-0.4, -0.2) is 5.76 Å². The topological polar surface area (TPSA) is 38.0 Å². The number of nitrogen functional groups attached to an aromatic ring is 1. The third kappa shape index (κ3) is 3.36. The van der Waals surface area contributed by atoms with Crippen LogP contribution in [0.4, 0.5) is 34.6 Å². The Hall–Kier alpha value is -1.89. The van der Waals surface area contributed by atoms with Gasteiger partial charge in [-0.15, -0.1) is 0 Å². The first-order valence-corrected chi connectivity index (χ1v) is 6.40. The minimum absolute atomic E-state index is 0.0548. The molecule has 3 N–H and O–H groups in total. The molecule has 0 unspecified atom stereocenters. The summed E-state index contributed by atoms with van der Waals surface area (Å²) in [5.74, 6) is -4.40. The van der Waals surface area contributed by atoms with Crippen LogP contribution in [0, 0.1) is 11.6 Å². The highest BCUT2D eigenvalue weighted by Crippen LogP contribution is 2.34. The number of hydrogen-bond donors (Lipinski definition) is 2. The third-order valence-electron chi connectivity index (χ3n) is 2.43. The van der Waals surface area contributed by atoms with Crippen LogP contribution in [0.2, 0.25) is 0 Å². The Bertz CT molecular complexity index is 596. The van der Waals surface area contributed by atoms with E-state index < -0.39 is 23.1 Å². The molecule has 0 bridgehead atoms. The lowest BCUT2D eigenvalue weighted by Gasteiger charge is -2.13. The first-order valence-electron chi connectivity index (χ1n) is 5.52. The standard InChI is InChI=1S/C13H10F4N2S/c14-8-5-7(18)6-9(15)12(8)19-10-3-1-2-4-11(10)20-13(16)17/h1-6,13,19H,18H2. The molecule has 0 heterocycles. The summed E-state index contributed by atoms with van der Waals surface area (Å²) in [6.07, 6.45) is 0. The number of alkyl halides is 2. The molecule has 0 saturated heterocycles. The molecule has 0 aliphatic rings. The summed E-state index contributed by atoms with van der Waals surface area (Å²) in [6.45, 7) is 0. The van der Waals surface area contributed by atoms with Crippen LogP contribution in [0.5, 0.6) is 0 Å². The number of benzene rings is 2. The van der Waals surface area contributed by atoms with Crippen LogP contribution in [-0.2, 0) is 0 Å². The normalized spacial score (nSPS) is 10.8. The molecule has 7 heteroatoms. The Morgan fingerprint density at radius 1 is 1.05 bits per heavy atom. The van der Waals surface area contributed by atoms with Gasteiger partial charge in [0.15, 0.2) is 11.6 Å². The van der Waals surface area contributed by atoms with E-state index in [1.54, 1.807) is 12.1 Å². The van der Waals surface area contributed by atoms with E-state index in [2.05, 4.69) is 5.32 Å². The molecule has 0 spiro atoms. The van der Waals surface area contributed by atoms with E-state index in [0.717, 1.165) is 12.1 Å². The lowest BCUT2D eigenvalue weighted by atomic mass is 10.2. The zero-order valence-corrected chi connectivity index (χ0v) is 10.9. The second kappa shape index (κ2) is 6.04. The smallest absolute Gasteiger partial charge is 0.288 e. The molecule has 0 aliphatic heterocycles. The van der Waals surface area contributed by atoms with Crippen molar-refractivity contribution in [3.63, 3.8) is 0 Å². The van der Waals surface area contributed by atoms with Crippen LogP contribution >= 0.6 is 11.8 Å². The van der Waals surface area contributed by atoms with Crippen LogP contribution in [0.25, 0.3) is 0 Å². The molecular formula is C13H10F4N2S. The third-order valence-corrected chi connectivity index (χ3v) is 3.22. The number of para-hydroxylation sites is 1. The molecule has 0 atom stereocenters. The van der Waals surface area contributed by atoms with Crippen LogP contribution in [0.3, 0.4) is 0 Å². The van der Waals surface area contributed by atoms with Gasteiger partial charge in [0.25, 0.3) is 5.76 Å². The fourth-order valence-electron chi connectivity index (χ4n) is 1.62. The highest BCUT2D eigenvalue weighted by molar-refractivity contribution is 7.99. The SMILES string of the molecule is Nc1cc(F)c(Nc2ccccc2SC(F)F)c(F)c1. The summed E-state index contributed by atoms with van der Waals surface area (Å²) < 4.78 is 52.1. The maximum atomic E-state index is 13.7. The lowest BCUT2D eigenvalue weighted by Crippen LogP contribution is -2.01. The van der Waals surface area contributed by atoms with Crippen molar-refractivity contribution >= 4 is 28.8 Å². The second-order valence-electron chi connectivity index (χ2n) is 3.86. The Morgan fingerprint density at radius 2 is 1.65 bits per heavy atom. The van der Waals surface area contributed by atoms with E-state index in [-0.39, 0.29) is 16.3 Å². The van der Waals surface area contributed by atoms with Gasteiger partial charge in [0, 0.05) is 10.6 Å². The van der Waals surface area contributed by atoms with E-state index in [1.165, 1.54) is 12.1 Å². The van der Waals surface area contributed by atoms with Crippen molar-refractivity contribution in [2.45, 2.75) is 10.7 Å². The highest BCUT2D eigenvalue weighted by atomic mass is 32.2. The molecule has 106 valence electrons. The van der Waals surface area contributed by atoms with Gasteiger partial charge in [0.2, 0.25) is 0 Å². The molecule has 0 aromatic heterocycles. The molecule has 2 aromatic rings. The molecule has 0 saturated carbocycles. The summed E-state index contributed by atoms with van der Waals surface area (Å²) >= 11 is 0.294. The van der Waals surface area contributed by atoms with E-state index in [0.29, 0.717) is 11.8 Å². The minimum atomic E-state index is -2.63. The first kappa shape index (κ1) is 14.5. The highest BCUT2D eigenvalue weighted by Gasteiger charge is 2.14. The van der Waals surface area contributed by atoms with Gasteiger partial charge < -0.3 is 11.1 Å². The molecule has 0 radical (unpaired) electrons. The van der Waals surface area contributed by atoms with Crippen molar-refractivity contribution in [2.24, 2.45) is 0 Å². The van der Waals surface area contributed by atoms with E-state index >= 15 is 0 Å². The van der Waals surface area contributed by atoms with Crippen molar-refractivity contribution in [3.05, 3.63) is 48.0 Å². The number of nitrogens with one attached hydrogen (secondary N) is 1. The second-order valence-corrected chi connectivity index (χ2v) is 4.89. The number of hydrogen-bond acceptors (Lipinski definition) is 3. The predicted octanol–water partition coefficient (Wildman–Crippen LogP) is 4.61. The van der Waals surface area contributed by atoms with E-state index in [9.17, 15) is 17.6 Å². The maximum Gasteiger partial charge on any atom is 0.288 e. The maximum absolute atomic E-state index is 13.7. The van der Waals surface area contributed by atoms with Gasteiger partial charge in [-0.05, 0) is 24.3 Å². The van der Waals surface area contributed by atoms with Gasteiger partial charge in [0.1, 0.15) is 5.69 Å². The minimum Gasteiger partial charge on any atom is -0.399 e. The quantitative estimate of drug-likeness (QED) is 0.492. The van der Waals surface area contributed by atoms with Crippen molar-refractivity contribution in [1.29, 1.82) is 0 Å². The molecule has 20 heavy (non-hydrogen) atoms. The van der Waals surface area contributed by atoms with Crippen molar-refractivity contribution in [3.8, 4) is 0 Å². The Morgan fingerprint density at radius 3 is 2.25 bits per heavy atom. The summed E-state index contributed by atoms with van der Waals surface area (Å²) in [5, 5.41) is 2.48. The van der Waals surface area contributed by atoms with Crippen molar-refractivity contribution in [1.82, 2.24) is 0 Å². The summed E-state index contributed by atoms with van der Waals surface area (Å²) in [6, 6.07) is 7.94.